The SMILES string of the molecule is Cc1ccc(SCC(C)(C)CS)c(C)c1. The van der Waals surface area contributed by atoms with E-state index in [-0.39, 0.29) is 0 Å². The molecule has 0 fully saturated rings. The third-order valence-corrected chi connectivity index (χ3v) is 4.93. The second-order valence-electron chi connectivity index (χ2n) is 4.88. The Balaban J connectivity index is 2.66. The topological polar surface area (TPSA) is 0 Å². The van der Waals surface area contributed by atoms with Crippen LogP contribution in [0.15, 0.2) is 23.1 Å². The van der Waals surface area contributed by atoms with Crippen LogP contribution in [0, 0.1) is 19.3 Å². The molecule has 1 aromatic carbocycles. The molecule has 2 heteroatoms. The van der Waals surface area contributed by atoms with Gasteiger partial charge in [-0.25, -0.2) is 0 Å². The largest absolute Gasteiger partial charge is 0.179 e. The van der Waals surface area contributed by atoms with Gasteiger partial charge in [0.25, 0.3) is 0 Å². The highest BCUT2D eigenvalue weighted by molar-refractivity contribution is 7.99. The van der Waals surface area contributed by atoms with Crippen molar-refractivity contribution < 1.29 is 0 Å². The van der Waals surface area contributed by atoms with E-state index in [1.54, 1.807) is 0 Å². The predicted molar refractivity (Wildman–Crippen MR) is 74.3 cm³/mol. The maximum Gasteiger partial charge on any atom is 0.0102 e. The quantitative estimate of drug-likeness (QED) is 0.603. The van der Waals surface area contributed by atoms with Crippen LogP contribution in [0.5, 0.6) is 0 Å². The maximum atomic E-state index is 4.38. The van der Waals surface area contributed by atoms with E-state index < -0.39 is 0 Å². The second-order valence-corrected chi connectivity index (χ2v) is 6.21. The average molecular weight is 240 g/mol. The Kier molecular flexibility index (Phi) is 4.60. The smallest absolute Gasteiger partial charge is 0.0102 e. The Bertz CT molecular complexity index is 329. The van der Waals surface area contributed by atoms with E-state index in [2.05, 4.69) is 58.5 Å². The van der Waals surface area contributed by atoms with Crippen molar-refractivity contribution in [2.24, 2.45) is 5.41 Å². The van der Waals surface area contributed by atoms with Gasteiger partial charge in [0.2, 0.25) is 0 Å². The monoisotopic (exact) mass is 240 g/mol. The lowest BCUT2D eigenvalue weighted by molar-refractivity contribution is 0.493. The summed E-state index contributed by atoms with van der Waals surface area (Å²) in [5.41, 5.74) is 3.03. The minimum absolute atomic E-state index is 0.311. The summed E-state index contributed by atoms with van der Waals surface area (Å²) in [6.07, 6.45) is 0. The minimum Gasteiger partial charge on any atom is -0.179 e. The predicted octanol–water partition coefficient (Wildman–Crippen LogP) is 4.35. The molecule has 0 heterocycles. The van der Waals surface area contributed by atoms with Gasteiger partial charge >= 0.3 is 0 Å². The van der Waals surface area contributed by atoms with E-state index in [0.717, 1.165) is 11.5 Å². The number of thiol groups is 1. The van der Waals surface area contributed by atoms with Gasteiger partial charge in [-0.3, -0.25) is 0 Å². The summed E-state index contributed by atoms with van der Waals surface area (Å²) in [6, 6.07) is 6.66. The molecule has 0 unspecified atom stereocenters. The molecule has 0 spiro atoms. The summed E-state index contributed by atoms with van der Waals surface area (Å²) in [5, 5.41) is 0. The van der Waals surface area contributed by atoms with Gasteiger partial charge in [0, 0.05) is 10.6 Å². The minimum atomic E-state index is 0.311. The van der Waals surface area contributed by atoms with Gasteiger partial charge in [0.15, 0.2) is 0 Å². The molecule has 0 aromatic heterocycles. The molecule has 0 aliphatic heterocycles. The normalized spacial score (nSPS) is 11.8. The lowest BCUT2D eigenvalue weighted by atomic mass is 10.0. The van der Waals surface area contributed by atoms with Gasteiger partial charge < -0.3 is 0 Å². The Morgan fingerprint density at radius 2 is 1.93 bits per heavy atom. The first-order valence-corrected chi connectivity index (χ1v) is 6.87. The fraction of sp³-hybridized carbons (Fsp3) is 0.538. The summed E-state index contributed by atoms with van der Waals surface area (Å²) in [7, 11) is 0. The first-order valence-electron chi connectivity index (χ1n) is 5.25. The van der Waals surface area contributed by atoms with Crippen LogP contribution < -0.4 is 0 Å². The van der Waals surface area contributed by atoms with E-state index in [1.165, 1.54) is 16.0 Å². The van der Waals surface area contributed by atoms with Crippen molar-refractivity contribution in [3.63, 3.8) is 0 Å². The van der Waals surface area contributed by atoms with Crippen LogP contribution in [0.2, 0.25) is 0 Å². The Morgan fingerprint density at radius 1 is 1.27 bits per heavy atom. The molecule has 0 bridgehead atoms. The first kappa shape index (κ1) is 13.0. The van der Waals surface area contributed by atoms with E-state index in [4.69, 9.17) is 0 Å². The first-order chi connectivity index (χ1) is 6.94. The van der Waals surface area contributed by atoms with Crippen molar-refractivity contribution in [1.82, 2.24) is 0 Å². The summed E-state index contributed by atoms with van der Waals surface area (Å²) in [5.74, 6) is 2.06. The van der Waals surface area contributed by atoms with Crippen molar-refractivity contribution in [3.05, 3.63) is 29.3 Å². The lowest BCUT2D eigenvalue weighted by Crippen LogP contribution is -2.16. The zero-order valence-corrected chi connectivity index (χ0v) is 11.7. The maximum absolute atomic E-state index is 4.38. The molecule has 0 radical (unpaired) electrons. The van der Waals surface area contributed by atoms with Gasteiger partial charge in [0.1, 0.15) is 0 Å². The summed E-state index contributed by atoms with van der Waals surface area (Å²) >= 11 is 6.31. The molecular weight excluding hydrogens is 220 g/mol. The second kappa shape index (κ2) is 5.31. The molecular formula is C13H20S2. The van der Waals surface area contributed by atoms with E-state index in [1.807, 2.05) is 11.8 Å². The van der Waals surface area contributed by atoms with Crippen LogP contribution in [0.1, 0.15) is 25.0 Å². The Morgan fingerprint density at radius 3 is 2.47 bits per heavy atom. The molecule has 1 rings (SSSR count). The number of benzene rings is 1. The highest BCUT2D eigenvalue weighted by Crippen LogP contribution is 2.30. The average Bonchev–Trinajstić information content (AvgIpc) is 2.16. The zero-order valence-electron chi connectivity index (χ0n) is 10.0. The van der Waals surface area contributed by atoms with Gasteiger partial charge in [0.05, 0.1) is 0 Å². The van der Waals surface area contributed by atoms with Crippen LogP contribution in [-0.2, 0) is 0 Å². The van der Waals surface area contributed by atoms with Crippen LogP contribution in [0.3, 0.4) is 0 Å². The summed E-state index contributed by atoms with van der Waals surface area (Å²) < 4.78 is 0. The number of thioether (sulfide) groups is 1. The van der Waals surface area contributed by atoms with Crippen molar-refractivity contribution >= 4 is 24.4 Å². The van der Waals surface area contributed by atoms with Crippen LogP contribution in [0.25, 0.3) is 0 Å². The van der Waals surface area contributed by atoms with Crippen LogP contribution in [-0.4, -0.2) is 11.5 Å². The summed E-state index contributed by atoms with van der Waals surface area (Å²) in [6.45, 7) is 8.84. The zero-order chi connectivity index (χ0) is 11.5. The standard InChI is InChI=1S/C13H20S2/c1-10-5-6-12(11(2)7-10)15-9-13(3,4)8-14/h5-7,14H,8-9H2,1-4H3. The number of hydrogen-bond acceptors (Lipinski definition) is 2. The van der Waals surface area contributed by atoms with Crippen molar-refractivity contribution in [3.8, 4) is 0 Å². The molecule has 0 aliphatic rings. The molecule has 1 aromatic rings. The molecule has 0 amide bonds. The number of hydrogen-bond donors (Lipinski definition) is 1. The highest BCUT2D eigenvalue weighted by Gasteiger charge is 2.16. The van der Waals surface area contributed by atoms with Gasteiger partial charge in [-0.15, -0.1) is 11.8 Å². The molecule has 0 saturated carbocycles. The Hall–Kier alpha value is -0.0800. The third kappa shape index (κ3) is 4.12. The molecule has 0 aliphatic carbocycles. The lowest BCUT2D eigenvalue weighted by Gasteiger charge is -2.21. The van der Waals surface area contributed by atoms with Crippen molar-refractivity contribution in [2.45, 2.75) is 32.6 Å². The van der Waals surface area contributed by atoms with E-state index >= 15 is 0 Å². The molecule has 0 saturated heterocycles. The fourth-order valence-corrected chi connectivity index (χ4v) is 2.64. The molecule has 0 atom stereocenters. The summed E-state index contributed by atoms with van der Waals surface area (Å²) in [4.78, 5) is 1.40. The van der Waals surface area contributed by atoms with Crippen LogP contribution >= 0.6 is 24.4 Å². The molecule has 0 N–H and O–H groups in total. The molecule has 0 nitrogen and oxygen atoms in total. The number of aryl methyl sites for hydroxylation is 2. The molecule has 15 heavy (non-hydrogen) atoms. The molecule has 84 valence electrons. The van der Waals surface area contributed by atoms with Gasteiger partial charge in [-0.2, -0.15) is 12.6 Å². The Labute approximate surface area is 103 Å². The van der Waals surface area contributed by atoms with E-state index in [9.17, 15) is 0 Å². The number of rotatable bonds is 4. The van der Waals surface area contributed by atoms with Crippen molar-refractivity contribution in [1.29, 1.82) is 0 Å². The van der Waals surface area contributed by atoms with Crippen molar-refractivity contribution in [2.75, 3.05) is 11.5 Å². The third-order valence-electron chi connectivity index (χ3n) is 2.38. The van der Waals surface area contributed by atoms with Gasteiger partial charge in [-0.1, -0.05) is 31.5 Å². The fourth-order valence-electron chi connectivity index (χ4n) is 1.28. The van der Waals surface area contributed by atoms with Crippen LogP contribution in [0.4, 0.5) is 0 Å². The highest BCUT2D eigenvalue weighted by atomic mass is 32.2. The van der Waals surface area contributed by atoms with Gasteiger partial charge in [-0.05, 0) is 36.6 Å². The van der Waals surface area contributed by atoms with E-state index in [0.29, 0.717) is 5.41 Å².